The van der Waals surface area contributed by atoms with Crippen LogP contribution >= 0.6 is 11.8 Å². The Kier molecular flexibility index (Phi) is 3.78. The summed E-state index contributed by atoms with van der Waals surface area (Å²) in [5.41, 5.74) is 2.62. The molecule has 2 nitrogen and oxygen atoms in total. The number of hydrogen-bond acceptors (Lipinski definition) is 3. The van der Waals surface area contributed by atoms with E-state index in [-0.39, 0.29) is 0 Å². The maximum Gasteiger partial charge on any atom is 0.266 e. The normalized spacial score (nSPS) is 10.8. The zero-order chi connectivity index (χ0) is 12.3. The molecular weight excluding hydrogens is 244 g/mol. The highest BCUT2D eigenvalue weighted by molar-refractivity contribution is 7.99. The number of allylic oxidation sites excluding steroid dienone is 1. The van der Waals surface area contributed by atoms with Gasteiger partial charge in [0.25, 0.3) is 11.3 Å². The van der Waals surface area contributed by atoms with E-state index in [9.17, 15) is 8.78 Å². The Labute approximate surface area is 102 Å². The molecule has 0 unspecified atom stereocenters. The molecule has 17 heavy (non-hydrogen) atoms. The fourth-order valence-electron chi connectivity index (χ4n) is 1.44. The first-order valence-corrected chi connectivity index (χ1v) is 6.15. The van der Waals surface area contributed by atoms with Gasteiger partial charge < -0.3 is 4.42 Å². The summed E-state index contributed by atoms with van der Waals surface area (Å²) in [6.45, 7) is 1.96. The lowest BCUT2D eigenvalue weighted by molar-refractivity contribution is 0.418. The molecular formula is C12H11F2NOS. The molecule has 0 N–H and O–H groups in total. The summed E-state index contributed by atoms with van der Waals surface area (Å²) in [4.78, 5) is 4.32. The van der Waals surface area contributed by atoms with Crippen LogP contribution in [0.25, 0.3) is 11.1 Å². The van der Waals surface area contributed by atoms with E-state index in [0.717, 1.165) is 22.7 Å². The average molecular weight is 255 g/mol. The van der Waals surface area contributed by atoms with Crippen LogP contribution in [0.1, 0.15) is 12.0 Å². The molecule has 1 aromatic carbocycles. The number of oxazole rings is 1. The van der Waals surface area contributed by atoms with Crippen molar-refractivity contribution in [1.82, 2.24) is 4.98 Å². The standard InChI is InChI=1S/C12H11F2NOS/c1-8-4-2-5-9-11(8)15-12(16-9)17-7-3-6-10(13)14/h2,4-6H,3,7H2,1H3. The van der Waals surface area contributed by atoms with E-state index < -0.39 is 6.08 Å². The van der Waals surface area contributed by atoms with Gasteiger partial charge in [0, 0.05) is 5.75 Å². The third-order valence-corrected chi connectivity index (χ3v) is 3.10. The van der Waals surface area contributed by atoms with Crippen LogP contribution < -0.4 is 0 Å². The second-order valence-corrected chi connectivity index (χ2v) is 4.58. The van der Waals surface area contributed by atoms with Crippen LogP contribution in [-0.2, 0) is 0 Å². The van der Waals surface area contributed by atoms with Gasteiger partial charge in [0.1, 0.15) is 5.52 Å². The third kappa shape index (κ3) is 3.06. The molecule has 1 heterocycles. The lowest BCUT2D eigenvalue weighted by atomic mass is 10.2. The van der Waals surface area contributed by atoms with Crippen LogP contribution in [-0.4, -0.2) is 10.7 Å². The van der Waals surface area contributed by atoms with E-state index in [4.69, 9.17) is 4.42 Å². The Balaban J connectivity index is 2.05. The number of thioether (sulfide) groups is 1. The zero-order valence-electron chi connectivity index (χ0n) is 9.24. The lowest BCUT2D eigenvalue weighted by Crippen LogP contribution is -1.78. The maximum absolute atomic E-state index is 11.8. The van der Waals surface area contributed by atoms with Crippen molar-refractivity contribution in [2.24, 2.45) is 0 Å². The van der Waals surface area contributed by atoms with Crippen LogP contribution in [0, 0.1) is 6.92 Å². The highest BCUT2D eigenvalue weighted by Gasteiger charge is 2.07. The molecule has 0 radical (unpaired) electrons. The predicted molar refractivity (Wildman–Crippen MR) is 64.4 cm³/mol. The smallest absolute Gasteiger partial charge is 0.266 e. The van der Waals surface area contributed by atoms with Crippen molar-refractivity contribution in [3.05, 3.63) is 35.9 Å². The summed E-state index contributed by atoms with van der Waals surface area (Å²) >= 11 is 1.34. The number of aryl methyl sites for hydroxylation is 1. The Hall–Kier alpha value is -1.36. The number of hydrogen-bond donors (Lipinski definition) is 0. The van der Waals surface area contributed by atoms with Crippen molar-refractivity contribution in [2.45, 2.75) is 18.6 Å². The molecule has 0 saturated heterocycles. The Morgan fingerprint density at radius 1 is 1.47 bits per heavy atom. The van der Waals surface area contributed by atoms with Crippen molar-refractivity contribution in [3.63, 3.8) is 0 Å². The van der Waals surface area contributed by atoms with Gasteiger partial charge in [-0.3, -0.25) is 0 Å². The van der Waals surface area contributed by atoms with Gasteiger partial charge in [-0.25, -0.2) is 4.98 Å². The predicted octanol–water partition coefficient (Wildman–Crippen LogP) is 4.40. The van der Waals surface area contributed by atoms with Crippen molar-refractivity contribution in [2.75, 3.05) is 5.75 Å². The van der Waals surface area contributed by atoms with Gasteiger partial charge in [0.2, 0.25) is 0 Å². The molecule has 5 heteroatoms. The molecule has 0 aliphatic heterocycles. The van der Waals surface area contributed by atoms with Crippen LogP contribution in [0.15, 0.2) is 40.0 Å². The summed E-state index contributed by atoms with van der Waals surface area (Å²) in [6, 6.07) is 5.71. The number of nitrogens with zero attached hydrogens (tertiary/aromatic N) is 1. The summed E-state index contributed by atoms with van der Waals surface area (Å²) in [5.74, 6) is 0.531. The number of halogens is 2. The highest BCUT2D eigenvalue weighted by atomic mass is 32.2. The SMILES string of the molecule is Cc1cccc2oc(SCCC=C(F)F)nc12. The first-order chi connectivity index (χ1) is 8.16. The fourth-order valence-corrected chi connectivity index (χ4v) is 2.16. The summed E-state index contributed by atoms with van der Waals surface area (Å²) < 4.78 is 29.1. The van der Waals surface area contributed by atoms with Gasteiger partial charge in [-0.05, 0) is 31.1 Å². The first kappa shape index (κ1) is 12.1. The van der Waals surface area contributed by atoms with Gasteiger partial charge in [-0.15, -0.1) is 0 Å². The molecule has 90 valence electrons. The molecule has 0 atom stereocenters. The molecule has 0 amide bonds. The molecule has 0 spiro atoms. The largest absolute Gasteiger partial charge is 0.431 e. The molecule has 0 aliphatic carbocycles. The van der Waals surface area contributed by atoms with Crippen LogP contribution in [0.3, 0.4) is 0 Å². The van der Waals surface area contributed by atoms with Crippen LogP contribution in [0.2, 0.25) is 0 Å². The quantitative estimate of drug-likeness (QED) is 0.598. The molecule has 2 aromatic rings. The monoisotopic (exact) mass is 255 g/mol. The summed E-state index contributed by atoms with van der Waals surface area (Å²) in [5, 5.41) is 0.530. The van der Waals surface area contributed by atoms with Crippen molar-refractivity contribution >= 4 is 22.9 Å². The number of benzene rings is 1. The molecule has 2 rings (SSSR count). The van der Waals surface area contributed by atoms with Crippen LogP contribution in [0.5, 0.6) is 0 Å². The molecule has 1 aromatic heterocycles. The van der Waals surface area contributed by atoms with Gasteiger partial charge >= 0.3 is 0 Å². The van der Waals surface area contributed by atoms with Gasteiger partial charge in [-0.1, -0.05) is 23.9 Å². The van der Waals surface area contributed by atoms with E-state index in [2.05, 4.69) is 4.98 Å². The van der Waals surface area contributed by atoms with Gasteiger partial charge in [0.05, 0.1) is 0 Å². The van der Waals surface area contributed by atoms with Gasteiger partial charge in [0.15, 0.2) is 5.58 Å². The van der Waals surface area contributed by atoms with E-state index in [1.54, 1.807) is 0 Å². The Morgan fingerprint density at radius 2 is 2.29 bits per heavy atom. The van der Waals surface area contributed by atoms with Crippen molar-refractivity contribution in [3.8, 4) is 0 Å². The van der Waals surface area contributed by atoms with E-state index >= 15 is 0 Å². The number of rotatable bonds is 4. The minimum absolute atomic E-state index is 0.310. The van der Waals surface area contributed by atoms with Crippen molar-refractivity contribution < 1.29 is 13.2 Å². The summed E-state index contributed by atoms with van der Waals surface area (Å²) in [6.07, 6.45) is -0.426. The molecule has 0 saturated carbocycles. The Bertz CT molecular complexity index is 546. The minimum atomic E-state index is -1.64. The molecule has 0 fully saturated rings. The minimum Gasteiger partial charge on any atom is -0.431 e. The number of aromatic nitrogens is 1. The van der Waals surface area contributed by atoms with Gasteiger partial charge in [-0.2, -0.15) is 8.78 Å². The second kappa shape index (κ2) is 5.31. The average Bonchev–Trinajstić information content (AvgIpc) is 2.69. The second-order valence-electron chi connectivity index (χ2n) is 3.53. The Morgan fingerprint density at radius 3 is 3.00 bits per heavy atom. The topological polar surface area (TPSA) is 26.0 Å². The number of para-hydroxylation sites is 1. The zero-order valence-corrected chi connectivity index (χ0v) is 10.1. The fraction of sp³-hybridized carbons (Fsp3) is 0.250. The summed E-state index contributed by atoms with van der Waals surface area (Å²) in [7, 11) is 0. The van der Waals surface area contributed by atoms with E-state index in [1.165, 1.54) is 11.8 Å². The third-order valence-electron chi connectivity index (χ3n) is 2.24. The lowest BCUT2D eigenvalue weighted by Gasteiger charge is -1.90. The maximum atomic E-state index is 11.8. The van der Waals surface area contributed by atoms with E-state index in [0.29, 0.717) is 17.4 Å². The van der Waals surface area contributed by atoms with E-state index in [1.807, 2.05) is 25.1 Å². The van der Waals surface area contributed by atoms with Crippen molar-refractivity contribution in [1.29, 1.82) is 0 Å². The molecule has 0 aliphatic rings. The first-order valence-electron chi connectivity index (χ1n) is 5.17. The highest BCUT2D eigenvalue weighted by Crippen LogP contribution is 2.25. The molecule has 0 bridgehead atoms. The van der Waals surface area contributed by atoms with Crippen LogP contribution in [0.4, 0.5) is 8.78 Å². The number of fused-ring (bicyclic) bond motifs is 1.